The quantitative estimate of drug-likeness (QED) is 0.924. The normalized spacial score (nSPS) is 14.1. The SMILES string of the molecule is Cc1ccc(-n2nc(C(=O)O)c3c2CCOC3)cc1Cl. The maximum Gasteiger partial charge on any atom is 0.356 e. The minimum atomic E-state index is -1.04. The predicted octanol–water partition coefficient (Wildman–Crippen LogP) is 2.61. The van der Waals surface area contributed by atoms with E-state index >= 15 is 0 Å². The second-order valence-electron chi connectivity index (χ2n) is 4.73. The Kier molecular flexibility index (Phi) is 3.23. The van der Waals surface area contributed by atoms with Gasteiger partial charge in [0.05, 0.1) is 24.6 Å². The van der Waals surface area contributed by atoms with Crippen molar-refractivity contribution in [1.29, 1.82) is 0 Å². The van der Waals surface area contributed by atoms with Crippen molar-refractivity contribution < 1.29 is 14.6 Å². The van der Waals surface area contributed by atoms with Crippen LogP contribution >= 0.6 is 11.6 Å². The van der Waals surface area contributed by atoms with Crippen LogP contribution in [0, 0.1) is 6.92 Å². The number of fused-ring (bicyclic) bond motifs is 1. The molecule has 1 aliphatic rings. The molecule has 0 amide bonds. The molecule has 0 radical (unpaired) electrons. The van der Waals surface area contributed by atoms with Crippen molar-refractivity contribution in [2.45, 2.75) is 20.0 Å². The minimum Gasteiger partial charge on any atom is -0.476 e. The van der Waals surface area contributed by atoms with Crippen LogP contribution in [-0.4, -0.2) is 27.5 Å². The summed E-state index contributed by atoms with van der Waals surface area (Å²) in [7, 11) is 0. The molecule has 0 aliphatic carbocycles. The van der Waals surface area contributed by atoms with Crippen molar-refractivity contribution in [1.82, 2.24) is 9.78 Å². The van der Waals surface area contributed by atoms with Gasteiger partial charge < -0.3 is 9.84 Å². The van der Waals surface area contributed by atoms with Crippen molar-refractivity contribution in [2.75, 3.05) is 6.61 Å². The number of carboxylic acids is 1. The molecular formula is C14H13ClN2O3. The fourth-order valence-corrected chi connectivity index (χ4v) is 2.51. The number of halogens is 1. The molecule has 1 aliphatic heterocycles. The van der Waals surface area contributed by atoms with E-state index in [-0.39, 0.29) is 12.3 Å². The van der Waals surface area contributed by atoms with Crippen LogP contribution in [0.3, 0.4) is 0 Å². The van der Waals surface area contributed by atoms with Gasteiger partial charge in [-0.15, -0.1) is 0 Å². The molecule has 0 unspecified atom stereocenters. The Bertz CT molecular complexity index is 694. The van der Waals surface area contributed by atoms with Gasteiger partial charge in [-0.3, -0.25) is 0 Å². The van der Waals surface area contributed by atoms with Gasteiger partial charge in [-0.1, -0.05) is 17.7 Å². The molecule has 0 atom stereocenters. The summed E-state index contributed by atoms with van der Waals surface area (Å²) in [4.78, 5) is 11.3. The number of carboxylic acid groups (broad SMARTS) is 1. The maximum absolute atomic E-state index is 11.3. The molecule has 1 aromatic heterocycles. The van der Waals surface area contributed by atoms with E-state index in [2.05, 4.69) is 5.10 Å². The Morgan fingerprint density at radius 2 is 2.30 bits per heavy atom. The van der Waals surface area contributed by atoms with Gasteiger partial charge in [-0.05, 0) is 24.6 Å². The van der Waals surface area contributed by atoms with E-state index in [1.54, 1.807) is 10.7 Å². The second-order valence-corrected chi connectivity index (χ2v) is 5.13. The summed E-state index contributed by atoms with van der Waals surface area (Å²) in [5, 5.41) is 14.1. The van der Waals surface area contributed by atoms with Crippen LogP contribution in [-0.2, 0) is 17.8 Å². The summed E-state index contributed by atoms with van der Waals surface area (Å²) in [5.74, 6) is -1.04. The van der Waals surface area contributed by atoms with Crippen molar-refractivity contribution >= 4 is 17.6 Å². The molecule has 0 saturated heterocycles. The van der Waals surface area contributed by atoms with E-state index in [1.807, 2.05) is 19.1 Å². The largest absolute Gasteiger partial charge is 0.476 e. The number of aromatic nitrogens is 2. The molecule has 1 aromatic carbocycles. The lowest BCUT2D eigenvalue weighted by Crippen LogP contribution is -2.13. The number of nitrogens with zero attached hydrogens (tertiary/aromatic N) is 2. The number of hydrogen-bond acceptors (Lipinski definition) is 3. The Labute approximate surface area is 120 Å². The average Bonchev–Trinajstić information content (AvgIpc) is 2.82. The number of aromatic carboxylic acids is 1. The molecule has 2 aromatic rings. The highest BCUT2D eigenvalue weighted by Gasteiger charge is 2.25. The lowest BCUT2D eigenvalue weighted by Gasteiger charge is -2.15. The summed E-state index contributed by atoms with van der Waals surface area (Å²) < 4.78 is 7.00. The zero-order valence-electron chi connectivity index (χ0n) is 10.9. The molecule has 6 heteroatoms. The van der Waals surface area contributed by atoms with E-state index in [9.17, 15) is 9.90 Å². The van der Waals surface area contributed by atoms with E-state index in [4.69, 9.17) is 16.3 Å². The van der Waals surface area contributed by atoms with Gasteiger partial charge in [-0.2, -0.15) is 5.10 Å². The van der Waals surface area contributed by atoms with Gasteiger partial charge in [0.1, 0.15) is 0 Å². The highest BCUT2D eigenvalue weighted by molar-refractivity contribution is 6.31. The van der Waals surface area contributed by atoms with Crippen LogP contribution in [0.2, 0.25) is 5.02 Å². The van der Waals surface area contributed by atoms with Crippen LogP contribution in [0.5, 0.6) is 0 Å². The van der Waals surface area contributed by atoms with Crippen LogP contribution in [0.1, 0.15) is 27.3 Å². The van der Waals surface area contributed by atoms with Crippen molar-refractivity contribution in [3.63, 3.8) is 0 Å². The maximum atomic E-state index is 11.3. The third-order valence-electron chi connectivity index (χ3n) is 3.42. The van der Waals surface area contributed by atoms with Gasteiger partial charge in [0.2, 0.25) is 0 Å². The lowest BCUT2D eigenvalue weighted by atomic mass is 10.1. The molecular weight excluding hydrogens is 280 g/mol. The average molecular weight is 293 g/mol. The number of aryl methyl sites for hydroxylation is 1. The third kappa shape index (κ3) is 2.09. The highest BCUT2D eigenvalue weighted by atomic mass is 35.5. The van der Waals surface area contributed by atoms with Gasteiger partial charge >= 0.3 is 5.97 Å². The molecule has 3 rings (SSSR count). The van der Waals surface area contributed by atoms with Crippen LogP contribution < -0.4 is 0 Å². The molecule has 1 N–H and O–H groups in total. The van der Waals surface area contributed by atoms with Crippen molar-refractivity contribution in [3.05, 3.63) is 45.7 Å². The first-order valence-corrected chi connectivity index (χ1v) is 6.64. The molecule has 0 spiro atoms. The topological polar surface area (TPSA) is 64.4 Å². The summed E-state index contributed by atoms with van der Waals surface area (Å²) in [6.45, 7) is 2.77. The first-order valence-electron chi connectivity index (χ1n) is 6.26. The molecule has 104 valence electrons. The minimum absolute atomic E-state index is 0.0522. The number of carbonyl (C=O) groups is 1. The van der Waals surface area contributed by atoms with Gasteiger partial charge in [0.25, 0.3) is 0 Å². The summed E-state index contributed by atoms with van der Waals surface area (Å²) >= 11 is 6.13. The molecule has 0 fully saturated rings. The number of benzene rings is 1. The summed E-state index contributed by atoms with van der Waals surface area (Å²) in [6, 6.07) is 5.58. The monoisotopic (exact) mass is 292 g/mol. The number of ether oxygens (including phenoxy) is 1. The first-order chi connectivity index (χ1) is 9.58. The third-order valence-corrected chi connectivity index (χ3v) is 3.83. The summed E-state index contributed by atoms with van der Waals surface area (Å²) in [6.07, 6.45) is 0.640. The Morgan fingerprint density at radius 1 is 1.50 bits per heavy atom. The molecule has 2 heterocycles. The van der Waals surface area contributed by atoms with Crippen molar-refractivity contribution in [3.8, 4) is 5.69 Å². The van der Waals surface area contributed by atoms with Gasteiger partial charge in [0.15, 0.2) is 5.69 Å². The van der Waals surface area contributed by atoms with Crippen molar-refractivity contribution in [2.24, 2.45) is 0 Å². The zero-order chi connectivity index (χ0) is 14.3. The number of rotatable bonds is 2. The smallest absolute Gasteiger partial charge is 0.356 e. The van der Waals surface area contributed by atoms with E-state index in [0.29, 0.717) is 23.6 Å². The highest BCUT2D eigenvalue weighted by Crippen LogP contribution is 2.26. The number of hydrogen-bond donors (Lipinski definition) is 1. The summed E-state index contributed by atoms with van der Waals surface area (Å²) in [5.41, 5.74) is 3.33. The van der Waals surface area contributed by atoms with E-state index < -0.39 is 5.97 Å². The predicted molar refractivity (Wildman–Crippen MR) is 73.6 cm³/mol. The van der Waals surface area contributed by atoms with Crippen LogP contribution in [0.25, 0.3) is 5.69 Å². The van der Waals surface area contributed by atoms with E-state index in [1.165, 1.54) is 0 Å². The Morgan fingerprint density at radius 3 is 3.00 bits per heavy atom. The molecule has 20 heavy (non-hydrogen) atoms. The van der Waals surface area contributed by atoms with Crippen LogP contribution in [0.4, 0.5) is 0 Å². The van der Waals surface area contributed by atoms with E-state index in [0.717, 1.165) is 16.9 Å². The molecule has 0 saturated carbocycles. The van der Waals surface area contributed by atoms with Gasteiger partial charge in [-0.25, -0.2) is 9.48 Å². The van der Waals surface area contributed by atoms with Gasteiger partial charge in [0, 0.05) is 17.0 Å². The Balaban J connectivity index is 2.18. The fourth-order valence-electron chi connectivity index (χ4n) is 2.34. The molecule has 0 bridgehead atoms. The lowest BCUT2D eigenvalue weighted by molar-refractivity contribution is 0.0677. The molecule has 5 nitrogen and oxygen atoms in total. The second kappa shape index (κ2) is 4.92. The Hall–Kier alpha value is -1.85. The zero-order valence-corrected chi connectivity index (χ0v) is 11.6. The fraction of sp³-hybridized carbons (Fsp3) is 0.286. The standard InChI is InChI=1S/C14H13ClN2O3/c1-8-2-3-9(6-11(8)15)17-12-4-5-20-7-10(12)13(16-17)14(18)19/h2-3,6H,4-5,7H2,1H3,(H,18,19). The first kappa shape index (κ1) is 13.1. The van der Waals surface area contributed by atoms with Crippen LogP contribution in [0.15, 0.2) is 18.2 Å².